The summed E-state index contributed by atoms with van der Waals surface area (Å²) >= 11 is 5.27. The van der Waals surface area contributed by atoms with Crippen LogP contribution in [-0.4, -0.2) is 35.3 Å². The van der Waals surface area contributed by atoms with Crippen LogP contribution in [0.4, 0.5) is 0 Å². The fraction of sp³-hybridized carbons (Fsp3) is 0.118. The van der Waals surface area contributed by atoms with Crippen molar-refractivity contribution in [2.75, 3.05) is 14.2 Å². The van der Waals surface area contributed by atoms with E-state index in [9.17, 15) is 0 Å². The van der Waals surface area contributed by atoms with Gasteiger partial charge in [-0.2, -0.15) is 14.9 Å². The van der Waals surface area contributed by atoms with Gasteiger partial charge in [0, 0.05) is 5.56 Å². The van der Waals surface area contributed by atoms with Gasteiger partial charge in [-0.25, -0.2) is 5.10 Å². The Balaban J connectivity index is 1.94. The van der Waals surface area contributed by atoms with Crippen molar-refractivity contribution < 1.29 is 9.47 Å². The zero-order valence-corrected chi connectivity index (χ0v) is 14.1. The first-order valence-electron chi connectivity index (χ1n) is 7.21. The summed E-state index contributed by atoms with van der Waals surface area (Å²) in [6.45, 7) is 0. The molecule has 3 rings (SSSR count). The minimum Gasteiger partial charge on any atom is -0.497 e. The third kappa shape index (κ3) is 3.36. The molecule has 122 valence electrons. The molecule has 0 saturated carbocycles. The van der Waals surface area contributed by atoms with E-state index in [-0.39, 0.29) is 0 Å². The number of H-pyrrole nitrogens is 1. The van der Waals surface area contributed by atoms with E-state index in [1.54, 1.807) is 25.1 Å². The van der Waals surface area contributed by atoms with E-state index >= 15 is 0 Å². The Hall–Kier alpha value is -2.93. The van der Waals surface area contributed by atoms with Gasteiger partial charge in [0.15, 0.2) is 5.82 Å². The third-order valence-electron chi connectivity index (χ3n) is 3.42. The molecule has 0 fully saturated rings. The highest BCUT2D eigenvalue weighted by Gasteiger charge is 2.08. The Morgan fingerprint density at radius 3 is 2.54 bits per heavy atom. The van der Waals surface area contributed by atoms with E-state index in [0.717, 1.165) is 22.6 Å². The average molecular weight is 340 g/mol. The summed E-state index contributed by atoms with van der Waals surface area (Å²) in [7, 11) is 3.26. The highest BCUT2D eigenvalue weighted by atomic mass is 32.1. The number of hydrogen-bond donors (Lipinski definition) is 1. The first-order chi connectivity index (χ1) is 11.7. The number of ether oxygens (including phenoxy) is 2. The number of rotatable bonds is 5. The van der Waals surface area contributed by atoms with E-state index in [1.807, 2.05) is 48.5 Å². The quantitative estimate of drug-likeness (QED) is 0.570. The van der Waals surface area contributed by atoms with Gasteiger partial charge in [0.2, 0.25) is 4.77 Å². The van der Waals surface area contributed by atoms with Crippen LogP contribution in [0.2, 0.25) is 0 Å². The maximum atomic E-state index is 5.27. The van der Waals surface area contributed by atoms with Crippen LogP contribution in [0.1, 0.15) is 5.56 Å². The summed E-state index contributed by atoms with van der Waals surface area (Å²) in [5, 5.41) is 11.5. The summed E-state index contributed by atoms with van der Waals surface area (Å²) in [4.78, 5) is 0. The molecule has 0 radical (unpaired) electrons. The van der Waals surface area contributed by atoms with E-state index < -0.39 is 0 Å². The molecule has 0 unspecified atom stereocenters. The normalized spacial score (nSPS) is 10.9. The molecule has 1 heterocycles. The van der Waals surface area contributed by atoms with Gasteiger partial charge in [-0.1, -0.05) is 12.1 Å². The second-order valence-corrected chi connectivity index (χ2v) is 5.30. The number of aromatic nitrogens is 3. The molecule has 6 nitrogen and oxygen atoms in total. The minimum absolute atomic E-state index is 0.414. The van der Waals surface area contributed by atoms with Gasteiger partial charge >= 0.3 is 0 Å². The number of nitrogens with one attached hydrogen (secondary N) is 1. The molecule has 1 N–H and O–H groups in total. The smallest absolute Gasteiger partial charge is 0.216 e. The molecule has 0 aliphatic heterocycles. The van der Waals surface area contributed by atoms with Crippen LogP contribution in [0.15, 0.2) is 53.6 Å². The van der Waals surface area contributed by atoms with Crippen molar-refractivity contribution >= 4 is 18.4 Å². The molecule has 0 atom stereocenters. The lowest BCUT2D eigenvalue weighted by molar-refractivity contribution is 0.414. The highest BCUT2D eigenvalue weighted by molar-refractivity contribution is 7.71. The van der Waals surface area contributed by atoms with E-state index in [2.05, 4.69) is 15.3 Å². The third-order valence-corrected chi connectivity index (χ3v) is 3.68. The van der Waals surface area contributed by atoms with Gasteiger partial charge in [0.1, 0.15) is 11.5 Å². The van der Waals surface area contributed by atoms with Crippen LogP contribution < -0.4 is 9.47 Å². The minimum atomic E-state index is 0.414. The van der Waals surface area contributed by atoms with Crippen LogP contribution in [-0.2, 0) is 0 Å². The van der Waals surface area contributed by atoms with Crippen LogP contribution in [0, 0.1) is 4.77 Å². The number of aromatic amines is 1. The monoisotopic (exact) mass is 340 g/mol. The average Bonchev–Trinajstić information content (AvgIpc) is 3.01. The standard InChI is InChI=1S/C17H16N4O2S/c1-22-14-8-6-12(7-9-14)11-18-21-16(19-20-17(21)24)13-4-3-5-15(10-13)23-2/h3-11H,1-2H3,(H,20,24)/b18-11-. The first kappa shape index (κ1) is 15.9. The molecule has 24 heavy (non-hydrogen) atoms. The Morgan fingerprint density at radius 1 is 1.08 bits per heavy atom. The largest absolute Gasteiger partial charge is 0.497 e. The zero-order valence-electron chi connectivity index (χ0n) is 13.3. The molecule has 0 bridgehead atoms. The van der Waals surface area contributed by atoms with Crippen LogP contribution in [0.3, 0.4) is 0 Å². The Morgan fingerprint density at radius 2 is 1.83 bits per heavy atom. The summed E-state index contributed by atoms with van der Waals surface area (Å²) in [5.41, 5.74) is 1.78. The van der Waals surface area contributed by atoms with Gasteiger partial charge < -0.3 is 9.47 Å². The maximum absolute atomic E-state index is 5.27. The van der Waals surface area contributed by atoms with Crippen molar-refractivity contribution in [3.05, 3.63) is 58.9 Å². The molecular weight excluding hydrogens is 324 g/mol. The van der Waals surface area contributed by atoms with Crippen molar-refractivity contribution in [1.82, 2.24) is 14.9 Å². The number of benzene rings is 2. The van der Waals surface area contributed by atoms with Crippen molar-refractivity contribution in [3.8, 4) is 22.9 Å². The number of methoxy groups -OCH3 is 2. The summed E-state index contributed by atoms with van der Waals surface area (Å²) in [5.74, 6) is 2.15. The summed E-state index contributed by atoms with van der Waals surface area (Å²) in [6.07, 6.45) is 1.72. The predicted octanol–water partition coefficient (Wildman–Crippen LogP) is 3.51. The van der Waals surface area contributed by atoms with Gasteiger partial charge in [0.25, 0.3) is 0 Å². The van der Waals surface area contributed by atoms with Gasteiger partial charge in [0.05, 0.1) is 20.4 Å². The van der Waals surface area contributed by atoms with E-state index in [0.29, 0.717) is 10.6 Å². The molecule has 3 aromatic rings. The van der Waals surface area contributed by atoms with Crippen molar-refractivity contribution in [2.24, 2.45) is 5.10 Å². The molecule has 0 spiro atoms. The lowest BCUT2D eigenvalue weighted by atomic mass is 10.2. The first-order valence-corrected chi connectivity index (χ1v) is 7.62. The van der Waals surface area contributed by atoms with Crippen LogP contribution in [0.5, 0.6) is 11.5 Å². The Kier molecular flexibility index (Phi) is 4.72. The number of hydrogen-bond acceptors (Lipinski definition) is 5. The van der Waals surface area contributed by atoms with Gasteiger partial charge in [-0.05, 0) is 54.2 Å². The van der Waals surface area contributed by atoms with E-state index in [4.69, 9.17) is 21.7 Å². The second kappa shape index (κ2) is 7.10. The lowest BCUT2D eigenvalue weighted by Gasteiger charge is -2.04. The molecule has 0 saturated heterocycles. The van der Waals surface area contributed by atoms with Crippen LogP contribution >= 0.6 is 12.2 Å². The van der Waals surface area contributed by atoms with E-state index in [1.165, 1.54) is 0 Å². The molecular formula is C17H16N4O2S. The molecule has 1 aromatic heterocycles. The van der Waals surface area contributed by atoms with Crippen LogP contribution in [0.25, 0.3) is 11.4 Å². The Labute approximate surface area is 144 Å². The van der Waals surface area contributed by atoms with Gasteiger partial charge in [-0.15, -0.1) is 0 Å². The Bertz CT molecular complexity index is 913. The maximum Gasteiger partial charge on any atom is 0.216 e. The lowest BCUT2D eigenvalue weighted by Crippen LogP contribution is -1.95. The topological polar surface area (TPSA) is 64.4 Å². The van der Waals surface area contributed by atoms with Crippen molar-refractivity contribution in [1.29, 1.82) is 0 Å². The fourth-order valence-electron chi connectivity index (χ4n) is 2.16. The second-order valence-electron chi connectivity index (χ2n) is 4.91. The summed E-state index contributed by atoms with van der Waals surface area (Å²) in [6, 6.07) is 15.1. The highest BCUT2D eigenvalue weighted by Crippen LogP contribution is 2.22. The predicted molar refractivity (Wildman–Crippen MR) is 95.4 cm³/mol. The van der Waals surface area contributed by atoms with Crippen molar-refractivity contribution in [2.45, 2.75) is 0 Å². The zero-order chi connectivity index (χ0) is 16.9. The molecule has 0 amide bonds. The van der Waals surface area contributed by atoms with Gasteiger partial charge in [-0.3, -0.25) is 0 Å². The molecule has 0 aliphatic rings. The SMILES string of the molecule is COc1ccc(/C=N\n2c(-c3cccc(OC)c3)n[nH]c2=S)cc1. The molecule has 2 aromatic carbocycles. The fourth-order valence-corrected chi connectivity index (χ4v) is 2.34. The molecule has 0 aliphatic carbocycles. The van der Waals surface area contributed by atoms with Crippen molar-refractivity contribution in [3.63, 3.8) is 0 Å². The summed E-state index contributed by atoms with van der Waals surface area (Å²) < 4.78 is 12.4. The molecule has 7 heteroatoms. The number of nitrogens with zero attached hydrogens (tertiary/aromatic N) is 3.